The topological polar surface area (TPSA) is 109 Å². The second kappa shape index (κ2) is 10.9. The van der Waals surface area contributed by atoms with Gasteiger partial charge in [0.05, 0.1) is 18.2 Å². The maximum atomic E-state index is 13.6. The number of amides is 2. The molecule has 5 rings (SSSR count). The number of nitrogens with one attached hydrogen (secondary N) is 1. The quantitative estimate of drug-likeness (QED) is 0.285. The van der Waals surface area contributed by atoms with Crippen molar-refractivity contribution in [3.8, 4) is 6.07 Å². The van der Waals surface area contributed by atoms with Crippen LogP contribution in [0.5, 0.6) is 0 Å². The van der Waals surface area contributed by atoms with E-state index >= 15 is 0 Å². The highest BCUT2D eigenvalue weighted by molar-refractivity contribution is 6.20. The van der Waals surface area contributed by atoms with Gasteiger partial charge in [-0.1, -0.05) is 60.7 Å². The zero-order chi connectivity index (χ0) is 26.6. The van der Waals surface area contributed by atoms with Gasteiger partial charge in [-0.25, -0.2) is 4.79 Å². The molecule has 2 amide bonds. The molecule has 8 nitrogen and oxygen atoms in total. The van der Waals surface area contributed by atoms with Crippen LogP contribution in [0.15, 0.2) is 96.2 Å². The van der Waals surface area contributed by atoms with Gasteiger partial charge in [0, 0.05) is 17.0 Å². The number of nitrogens with zero attached hydrogens (tertiary/aromatic N) is 2. The first-order chi connectivity index (χ1) is 18.5. The maximum absolute atomic E-state index is 13.6. The number of rotatable bonds is 7. The summed E-state index contributed by atoms with van der Waals surface area (Å²) in [6.07, 6.45) is -1.59. The van der Waals surface area contributed by atoms with Gasteiger partial charge in [-0.3, -0.25) is 14.5 Å². The molecule has 0 bridgehead atoms. The Morgan fingerprint density at radius 1 is 1.03 bits per heavy atom. The molecule has 0 aliphatic carbocycles. The third-order valence-corrected chi connectivity index (χ3v) is 6.72. The standard InChI is InChI=1S/C29H22ClN3O5/c30-15-22-17-37-28-23(32-26(34)21-13-11-18(16-31)12-14-21)27(35)33(28)24(22)29(36)38-25(19-7-3-1-4-8-19)20-9-5-2-6-10-20/h1-14,23,25,28H,15,17H2,(H,32,34). The first-order valence-corrected chi connectivity index (χ1v) is 12.4. The SMILES string of the molecule is N#Cc1ccc(C(=O)NC2C(=O)N3C(C(=O)OC(c4ccccc4)c4ccccc4)=C(CCl)COC23)cc1. The molecule has 2 atom stereocenters. The summed E-state index contributed by atoms with van der Waals surface area (Å²) in [5.41, 5.74) is 2.68. The van der Waals surface area contributed by atoms with Gasteiger partial charge in [0.25, 0.3) is 11.8 Å². The van der Waals surface area contributed by atoms with E-state index in [0.717, 1.165) is 11.1 Å². The highest BCUT2D eigenvalue weighted by atomic mass is 35.5. The van der Waals surface area contributed by atoms with E-state index in [1.54, 1.807) is 0 Å². The summed E-state index contributed by atoms with van der Waals surface area (Å²) in [6, 6.07) is 25.6. The van der Waals surface area contributed by atoms with E-state index in [-0.39, 0.29) is 23.7 Å². The Kier molecular flexibility index (Phi) is 7.22. The second-order valence-electron chi connectivity index (χ2n) is 8.74. The molecule has 0 spiro atoms. The molecule has 9 heteroatoms. The van der Waals surface area contributed by atoms with Crippen molar-refractivity contribution in [2.75, 3.05) is 12.5 Å². The molecular weight excluding hydrogens is 506 g/mol. The van der Waals surface area contributed by atoms with Gasteiger partial charge >= 0.3 is 5.97 Å². The van der Waals surface area contributed by atoms with Crippen LogP contribution in [0.2, 0.25) is 0 Å². The molecule has 2 aliphatic heterocycles. The molecule has 3 aromatic rings. The number of nitriles is 1. The minimum atomic E-state index is -0.989. The molecule has 1 fully saturated rings. The number of alkyl halides is 1. The minimum Gasteiger partial charge on any atom is -0.448 e. The van der Waals surface area contributed by atoms with Crippen molar-refractivity contribution >= 4 is 29.4 Å². The van der Waals surface area contributed by atoms with Crippen LogP contribution in [0.25, 0.3) is 0 Å². The predicted molar refractivity (Wildman–Crippen MR) is 138 cm³/mol. The van der Waals surface area contributed by atoms with Crippen LogP contribution in [0, 0.1) is 11.3 Å². The fourth-order valence-corrected chi connectivity index (χ4v) is 4.65. The Balaban J connectivity index is 1.37. The average Bonchev–Trinajstić information content (AvgIpc) is 2.98. The van der Waals surface area contributed by atoms with Crippen molar-refractivity contribution in [2.45, 2.75) is 18.4 Å². The molecule has 2 unspecified atom stereocenters. The summed E-state index contributed by atoms with van der Waals surface area (Å²) in [7, 11) is 0. The molecule has 3 aromatic carbocycles. The van der Waals surface area contributed by atoms with Crippen LogP contribution < -0.4 is 5.32 Å². The van der Waals surface area contributed by atoms with E-state index in [1.165, 1.54) is 29.2 Å². The molecule has 0 aromatic heterocycles. The third kappa shape index (κ3) is 4.77. The number of carbonyl (C=O) groups is 3. The molecule has 0 saturated carbocycles. The molecular formula is C29H22ClN3O5. The lowest BCUT2D eigenvalue weighted by Gasteiger charge is -2.49. The highest BCUT2D eigenvalue weighted by Gasteiger charge is 2.55. The lowest BCUT2D eigenvalue weighted by molar-refractivity contribution is -0.184. The van der Waals surface area contributed by atoms with E-state index < -0.39 is 36.2 Å². The van der Waals surface area contributed by atoms with Crippen molar-refractivity contribution in [1.82, 2.24) is 10.2 Å². The summed E-state index contributed by atoms with van der Waals surface area (Å²) in [6.45, 7) is 0.00690. The molecule has 1 saturated heterocycles. The van der Waals surface area contributed by atoms with Crippen molar-refractivity contribution in [1.29, 1.82) is 5.26 Å². The minimum absolute atomic E-state index is 0.00690. The van der Waals surface area contributed by atoms with Gasteiger partial charge in [0.2, 0.25) is 0 Å². The maximum Gasteiger partial charge on any atom is 0.356 e. The number of benzene rings is 3. The molecule has 2 heterocycles. The summed E-state index contributed by atoms with van der Waals surface area (Å²) in [4.78, 5) is 40.6. The van der Waals surface area contributed by atoms with Gasteiger partial charge in [-0.05, 0) is 35.4 Å². The zero-order valence-electron chi connectivity index (χ0n) is 20.0. The van der Waals surface area contributed by atoms with E-state index in [4.69, 9.17) is 26.3 Å². The smallest absolute Gasteiger partial charge is 0.356 e. The van der Waals surface area contributed by atoms with E-state index in [2.05, 4.69) is 5.32 Å². The predicted octanol–water partition coefficient (Wildman–Crippen LogP) is 3.68. The summed E-state index contributed by atoms with van der Waals surface area (Å²) >= 11 is 6.12. The lowest BCUT2D eigenvalue weighted by Crippen LogP contribution is -2.73. The highest BCUT2D eigenvalue weighted by Crippen LogP contribution is 2.36. The Labute approximate surface area is 224 Å². The van der Waals surface area contributed by atoms with Crippen LogP contribution in [-0.4, -0.2) is 47.4 Å². The Hall–Kier alpha value is -4.45. The van der Waals surface area contributed by atoms with Crippen LogP contribution in [0.3, 0.4) is 0 Å². The monoisotopic (exact) mass is 527 g/mol. The summed E-state index contributed by atoms with van der Waals surface area (Å²) in [5.74, 6) is -1.76. The lowest BCUT2D eigenvalue weighted by atomic mass is 9.98. The number of fused-ring (bicyclic) bond motifs is 1. The number of carbonyl (C=O) groups excluding carboxylic acids is 3. The number of β-lactam (4-membered cyclic amide) rings is 1. The van der Waals surface area contributed by atoms with Crippen molar-refractivity contribution in [2.24, 2.45) is 0 Å². The van der Waals surface area contributed by atoms with Gasteiger partial charge in [0.15, 0.2) is 18.4 Å². The Morgan fingerprint density at radius 2 is 1.63 bits per heavy atom. The van der Waals surface area contributed by atoms with Gasteiger partial charge in [0.1, 0.15) is 5.70 Å². The summed E-state index contributed by atoms with van der Waals surface area (Å²) < 4.78 is 11.8. The largest absolute Gasteiger partial charge is 0.448 e. The first-order valence-electron chi connectivity index (χ1n) is 11.9. The normalized spacial score (nSPS) is 18.3. The number of hydrogen-bond acceptors (Lipinski definition) is 6. The molecule has 2 aliphatic rings. The number of ether oxygens (including phenoxy) is 2. The third-order valence-electron chi connectivity index (χ3n) is 6.39. The van der Waals surface area contributed by atoms with Crippen molar-refractivity contribution < 1.29 is 23.9 Å². The fraction of sp³-hybridized carbons (Fsp3) is 0.172. The van der Waals surface area contributed by atoms with E-state index in [9.17, 15) is 14.4 Å². The number of hydrogen-bond donors (Lipinski definition) is 1. The van der Waals surface area contributed by atoms with Crippen molar-refractivity contribution in [3.63, 3.8) is 0 Å². The molecule has 1 N–H and O–H groups in total. The van der Waals surface area contributed by atoms with Gasteiger partial charge in [-0.2, -0.15) is 5.26 Å². The van der Waals surface area contributed by atoms with Crippen LogP contribution in [-0.2, 0) is 19.1 Å². The van der Waals surface area contributed by atoms with Crippen LogP contribution in [0.4, 0.5) is 0 Å². The average molecular weight is 528 g/mol. The van der Waals surface area contributed by atoms with Crippen LogP contribution in [0.1, 0.15) is 33.2 Å². The van der Waals surface area contributed by atoms with Gasteiger partial charge in [-0.15, -0.1) is 11.6 Å². The fourth-order valence-electron chi connectivity index (χ4n) is 4.44. The molecule has 0 radical (unpaired) electrons. The second-order valence-corrected chi connectivity index (χ2v) is 9.01. The van der Waals surface area contributed by atoms with E-state index in [1.807, 2.05) is 66.7 Å². The Morgan fingerprint density at radius 3 is 2.18 bits per heavy atom. The summed E-state index contributed by atoms with van der Waals surface area (Å²) in [5, 5.41) is 11.6. The van der Waals surface area contributed by atoms with Crippen molar-refractivity contribution in [3.05, 3.63) is 118 Å². The first kappa shape index (κ1) is 25.2. The molecule has 38 heavy (non-hydrogen) atoms. The number of esters is 1. The van der Waals surface area contributed by atoms with Gasteiger partial charge < -0.3 is 14.8 Å². The van der Waals surface area contributed by atoms with Crippen LogP contribution >= 0.6 is 11.6 Å². The zero-order valence-corrected chi connectivity index (χ0v) is 20.8. The molecule has 190 valence electrons. The Bertz CT molecular complexity index is 1400. The van der Waals surface area contributed by atoms with E-state index in [0.29, 0.717) is 11.1 Å². The number of halogens is 1.